The van der Waals surface area contributed by atoms with Gasteiger partial charge in [-0.1, -0.05) is 24.6 Å². The van der Waals surface area contributed by atoms with E-state index < -0.39 is 17.7 Å². The van der Waals surface area contributed by atoms with Crippen molar-refractivity contribution in [1.82, 2.24) is 14.9 Å². The van der Waals surface area contributed by atoms with Crippen molar-refractivity contribution in [2.75, 3.05) is 18.8 Å². The third kappa shape index (κ3) is 5.43. The third-order valence-corrected chi connectivity index (χ3v) is 5.25. The molecule has 1 amide bonds. The van der Waals surface area contributed by atoms with Gasteiger partial charge in [0.05, 0.1) is 11.4 Å². The molecule has 1 fully saturated rings. The average Bonchev–Trinajstić information content (AvgIpc) is 2.95. The summed E-state index contributed by atoms with van der Waals surface area (Å²) in [4.78, 5) is 21.8. The normalized spacial score (nSPS) is 15.4. The second-order valence-corrected chi connectivity index (χ2v) is 7.45. The van der Waals surface area contributed by atoms with Crippen molar-refractivity contribution < 1.29 is 22.4 Å². The quantitative estimate of drug-likeness (QED) is 0.411. The zero-order valence-electron chi connectivity index (χ0n) is 15.0. The molecule has 0 atom stereocenters. The van der Waals surface area contributed by atoms with E-state index >= 15 is 0 Å². The molecule has 1 aromatic heterocycles. The highest BCUT2D eigenvalue weighted by molar-refractivity contribution is 7.99. The summed E-state index contributed by atoms with van der Waals surface area (Å²) < 4.78 is 52.8. The average molecular weight is 413 g/mol. The Labute approximate surface area is 164 Å². The van der Waals surface area contributed by atoms with Crippen LogP contribution >= 0.6 is 11.8 Å². The van der Waals surface area contributed by atoms with Crippen molar-refractivity contribution in [2.24, 2.45) is 0 Å². The molecule has 4 nitrogen and oxygen atoms in total. The number of benzene rings is 1. The standard InChI is InChI=1S/C19H19F4N3OS/c20-14-7-5-13(6-8-14)15-11-16(19(21,22)23)25-18(24-15)28-12-17(27)26-9-3-1-2-4-10-26/h5-8,11H,1-4,9-10,12H2. The van der Waals surface area contributed by atoms with Crippen LogP contribution in [0.2, 0.25) is 0 Å². The number of carbonyl (C=O) groups excluding carboxylic acids is 1. The fraction of sp³-hybridized carbons (Fsp3) is 0.421. The molecule has 2 aromatic rings. The lowest BCUT2D eigenvalue weighted by atomic mass is 10.1. The molecule has 0 unspecified atom stereocenters. The van der Waals surface area contributed by atoms with Gasteiger partial charge >= 0.3 is 6.18 Å². The maximum Gasteiger partial charge on any atom is 0.433 e. The predicted octanol–water partition coefficient (Wildman–Crippen LogP) is 4.80. The largest absolute Gasteiger partial charge is 0.433 e. The summed E-state index contributed by atoms with van der Waals surface area (Å²) in [6, 6.07) is 5.85. The van der Waals surface area contributed by atoms with Gasteiger partial charge in [-0.3, -0.25) is 4.79 Å². The Morgan fingerprint density at radius 2 is 1.68 bits per heavy atom. The number of likely N-dealkylation sites (tertiary alicyclic amines) is 1. The summed E-state index contributed by atoms with van der Waals surface area (Å²) in [7, 11) is 0. The molecule has 150 valence electrons. The Balaban J connectivity index is 1.80. The number of aromatic nitrogens is 2. The summed E-state index contributed by atoms with van der Waals surface area (Å²) in [6.07, 6.45) is -0.623. The molecule has 1 aliphatic rings. The molecule has 3 rings (SSSR count). The van der Waals surface area contributed by atoms with Crippen molar-refractivity contribution in [1.29, 1.82) is 0 Å². The van der Waals surface area contributed by atoms with E-state index in [4.69, 9.17) is 0 Å². The van der Waals surface area contributed by atoms with E-state index in [9.17, 15) is 22.4 Å². The van der Waals surface area contributed by atoms with Crippen molar-refractivity contribution in [3.8, 4) is 11.3 Å². The van der Waals surface area contributed by atoms with Crippen molar-refractivity contribution in [3.05, 3.63) is 41.8 Å². The first kappa shape index (κ1) is 20.6. The van der Waals surface area contributed by atoms with E-state index in [2.05, 4.69) is 9.97 Å². The van der Waals surface area contributed by atoms with Crippen LogP contribution in [0.25, 0.3) is 11.3 Å². The van der Waals surface area contributed by atoms with Crippen LogP contribution in [0.4, 0.5) is 17.6 Å². The lowest BCUT2D eigenvalue weighted by molar-refractivity contribution is -0.141. The van der Waals surface area contributed by atoms with Gasteiger partial charge < -0.3 is 4.90 Å². The summed E-state index contributed by atoms with van der Waals surface area (Å²) in [5, 5.41) is -0.127. The van der Waals surface area contributed by atoms with Crippen LogP contribution in [-0.4, -0.2) is 39.6 Å². The van der Waals surface area contributed by atoms with Gasteiger partial charge in [-0.2, -0.15) is 13.2 Å². The molecular weight excluding hydrogens is 394 g/mol. The SMILES string of the molecule is O=C(CSc1nc(-c2ccc(F)cc2)cc(C(F)(F)F)n1)N1CCCCCC1. The highest BCUT2D eigenvalue weighted by Crippen LogP contribution is 2.32. The van der Waals surface area contributed by atoms with Gasteiger partial charge in [0.2, 0.25) is 5.91 Å². The van der Waals surface area contributed by atoms with Gasteiger partial charge in [0, 0.05) is 18.7 Å². The summed E-state index contributed by atoms with van der Waals surface area (Å²) in [6.45, 7) is 1.34. The molecular formula is C19H19F4N3OS. The lowest BCUT2D eigenvalue weighted by Crippen LogP contribution is -2.33. The third-order valence-electron chi connectivity index (χ3n) is 4.42. The van der Waals surface area contributed by atoms with Gasteiger partial charge in [0.15, 0.2) is 5.16 Å². The van der Waals surface area contributed by atoms with Crippen LogP contribution in [0.1, 0.15) is 31.4 Å². The number of hydrogen-bond donors (Lipinski definition) is 0. The zero-order chi connectivity index (χ0) is 20.1. The maximum atomic E-state index is 13.2. The van der Waals surface area contributed by atoms with Gasteiger partial charge in [0.25, 0.3) is 0 Å². The van der Waals surface area contributed by atoms with Gasteiger partial charge in [-0.25, -0.2) is 14.4 Å². The van der Waals surface area contributed by atoms with Gasteiger partial charge in [0.1, 0.15) is 11.5 Å². The number of hydrogen-bond acceptors (Lipinski definition) is 4. The smallest absolute Gasteiger partial charge is 0.342 e. The molecule has 9 heteroatoms. The molecule has 0 N–H and O–H groups in total. The summed E-state index contributed by atoms with van der Waals surface area (Å²) in [5.41, 5.74) is -0.714. The Morgan fingerprint density at radius 1 is 1.04 bits per heavy atom. The van der Waals surface area contributed by atoms with E-state index in [1.54, 1.807) is 4.90 Å². The van der Waals surface area contributed by atoms with Crippen LogP contribution in [-0.2, 0) is 11.0 Å². The maximum absolute atomic E-state index is 13.2. The van der Waals surface area contributed by atoms with E-state index in [0.717, 1.165) is 55.6 Å². The number of amides is 1. The van der Waals surface area contributed by atoms with Crippen LogP contribution in [0.5, 0.6) is 0 Å². The van der Waals surface area contributed by atoms with Crippen molar-refractivity contribution >= 4 is 17.7 Å². The van der Waals surface area contributed by atoms with Crippen LogP contribution in [0.3, 0.4) is 0 Å². The minimum atomic E-state index is -4.65. The van der Waals surface area contributed by atoms with Crippen LogP contribution in [0.15, 0.2) is 35.5 Å². The molecule has 0 saturated carbocycles. The first-order valence-corrected chi connectivity index (χ1v) is 9.94. The van der Waals surface area contributed by atoms with E-state index in [-0.39, 0.29) is 22.5 Å². The Hall–Kier alpha value is -2.16. The molecule has 0 bridgehead atoms. The van der Waals surface area contributed by atoms with Crippen molar-refractivity contribution in [2.45, 2.75) is 37.0 Å². The van der Waals surface area contributed by atoms with Gasteiger partial charge in [-0.15, -0.1) is 0 Å². The molecule has 1 aromatic carbocycles. The Morgan fingerprint density at radius 3 is 2.29 bits per heavy atom. The first-order valence-electron chi connectivity index (χ1n) is 8.96. The highest BCUT2D eigenvalue weighted by atomic mass is 32.2. The Kier molecular flexibility index (Phi) is 6.53. The number of halogens is 4. The number of alkyl halides is 3. The summed E-state index contributed by atoms with van der Waals surface area (Å²) in [5.74, 6) is -0.646. The second kappa shape index (κ2) is 8.89. The van der Waals surface area contributed by atoms with Crippen molar-refractivity contribution in [3.63, 3.8) is 0 Å². The number of thioether (sulfide) groups is 1. The lowest BCUT2D eigenvalue weighted by Gasteiger charge is -2.19. The monoisotopic (exact) mass is 413 g/mol. The van der Waals surface area contributed by atoms with E-state index in [0.29, 0.717) is 18.7 Å². The fourth-order valence-corrected chi connectivity index (χ4v) is 3.70. The highest BCUT2D eigenvalue weighted by Gasteiger charge is 2.34. The van der Waals surface area contributed by atoms with Crippen LogP contribution < -0.4 is 0 Å². The minimum absolute atomic E-state index is 0.0236. The summed E-state index contributed by atoms with van der Waals surface area (Å²) >= 11 is 0.884. The first-order chi connectivity index (χ1) is 13.3. The number of nitrogens with zero attached hydrogens (tertiary/aromatic N) is 3. The topological polar surface area (TPSA) is 46.1 Å². The number of rotatable bonds is 4. The fourth-order valence-electron chi connectivity index (χ4n) is 2.94. The second-order valence-electron chi connectivity index (χ2n) is 6.51. The molecule has 1 saturated heterocycles. The Bertz CT molecular complexity index is 819. The molecule has 1 aliphatic heterocycles. The molecule has 2 heterocycles. The molecule has 0 aliphatic carbocycles. The molecule has 28 heavy (non-hydrogen) atoms. The predicted molar refractivity (Wildman–Crippen MR) is 98.2 cm³/mol. The van der Waals surface area contributed by atoms with Crippen LogP contribution in [0, 0.1) is 5.82 Å². The van der Waals surface area contributed by atoms with E-state index in [1.165, 1.54) is 12.1 Å². The molecule has 0 spiro atoms. The van der Waals surface area contributed by atoms with E-state index in [1.807, 2.05) is 0 Å². The van der Waals surface area contributed by atoms with Gasteiger partial charge in [-0.05, 0) is 43.2 Å². The number of carbonyl (C=O) groups is 1. The molecule has 0 radical (unpaired) electrons. The minimum Gasteiger partial charge on any atom is -0.342 e. The zero-order valence-corrected chi connectivity index (χ0v) is 15.8.